The second-order valence-electron chi connectivity index (χ2n) is 4.48. The summed E-state index contributed by atoms with van der Waals surface area (Å²) in [5.74, 6) is 0.699. The maximum absolute atomic E-state index is 11.7. The highest BCUT2D eigenvalue weighted by Gasteiger charge is 2.07. The van der Waals surface area contributed by atoms with Gasteiger partial charge in [-0.25, -0.2) is 0 Å². The lowest BCUT2D eigenvalue weighted by atomic mass is 10.3. The van der Waals surface area contributed by atoms with E-state index in [1.807, 2.05) is 43.3 Å². The van der Waals surface area contributed by atoms with Crippen LogP contribution in [0, 0.1) is 0 Å². The zero-order valence-electron chi connectivity index (χ0n) is 11.4. The van der Waals surface area contributed by atoms with Crippen LogP contribution >= 0.6 is 0 Å². The third-order valence-corrected chi connectivity index (χ3v) is 2.38. The number of ether oxygens (including phenoxy) is 1. The predicted octanol–water partition coefficient (Wildman–Crippen LogP) is 2.37. The summed E-state index contributed by atoms with van der Waals surface area (Å²) in [6.45, 7) is 3.16. The third kappa shape index (κ3) is 5.19. The molecule has 100 valence electrons. The number of likely N-dealkylation sites (N-methyl/N-ethyl adjacent to an activating group) is 1. The Morgan fingerprint density at radius 2 is 2.06 bits per heavy atom. The molecule has 18 heavy (non-hydrogen) atoms. The van der Waals surface area contributed by atoms with Crippen molar-refractivity contribution in [3.05, 3.63) is 24.3 Å². The van der Waals surface area contributed by atoms with Gasteiger partial charge in [-0.3, -0.25) is 4.79 Å². The van der Waals surface area contributed by atoms with E-state index in [0.29, 0.717) is 13.2 Å². The molecule has 4 heteroatoms. The average Bonchev–Trinajstić information content (AvgIpc) is 2.30. The summed E-state index contributed by atoms with van der Waals surface area (Å²) in [5, 5.41) is 2.86. The fourth-order valence-electron chi connectivity index (χ4n) is 1.50. The largest absolute Gasteiger partial charge is 0.491 e. The van der Waals surface area contributed by atoms with Crippen molar-refractivity contribution in [3.8, 4) is 5.75 Å². The quantitative estimate of drug-likeness (QED) is 0.755. The number of carbonyl (C=O) groups is 1. The second-order valence-corrected chi connectivity index (χ2v) is 4.48. The number of para-hydroxylation sites is 2. The minimum absolute atomic E-state index is 0.0356. The van der Waals surface area contributed by atoms with Gasteiger partial charge in [-0.15, -0.1) is 0 Å². The second kappa shape index (κ2) is 7.71. The van der Waals surface area contributed by atoms with Crippen molar-refractivity contribution in [1.82, 2.24) is 4.90 Å². The Balaban J connectivity index is 2.61. The van der Waals surface area contributed by atoms with Crippen LogP contribution in [0.5, 0.6) is 5.75 Å². The van der Waals surface area contributed by atoms with E-state index in [2.05, 4.69) is 12.2 Å². The van der Waals surface area contributed by atoms with Crippen LogP contribution in [0.25, 0.3) is 0 Å². The number of hydrogen-bond donors (Lipinski definition) is 1. The topological polar surface area (TPSA) is 41.6 Å². The first-order valence-corrected chi connectivity index (χ1v) is 6.30. The fourth-order valence-corrected chi connectivity index (χ4v) is 1.50. The summed E-state index contributed by atoms with van der Waals surface area (Å²) in [4.78, 5) is 13.5. The molecule has 1 N–H and O–H groups in total. The number of carbonyl (C=O) groups excluding carboxylic acids is 1. The van der Waals surface area contributed by atoms with Crippen LogP contribution in [-0.2, 0) is 4.79 Å². The number of rotatable bonds is 7. The number of nitrogens with one attached hydrogen (secondary N) is 1. The van der Waals surface area contributed by atoms with Gasteiger partial charge in [0.15, 0.2) is 0 Å². The first kappa shape index (κ1) is 14.5. The lowest BCUT2D eigenvalue weighted by molar-refractivity contribution is -0.116. The van der Waals surface area contributed by atoms with E-state index < -0.39 is 0 Å². The minimum atomic E-state index is -0.0356. The Bertz CT molecular complexity index is 378. The molecule has 1 aromatic carbocycles. The van der Waals surface area contributed by atoms with E-state index in [-0.39, 0.29) is 5.91 Å². The highest BCUT2D eigenvalue weighted by molar-refractivity contribution is 5.93. The lowest BCUT2D eigenvalue weighted by Crippen LogP contribution is -2.27. The molecule has 0 aliphatic rings. The number of unbranched alkanes of at least 4 members (excludes halogenated alkanes) is 1. The molecule has 0 saturated heterocycles. The molecule has 0 heterocycles. The number of nitrogens with zero attached hydrogens (tertiary/aromatic N) is 1. The molecule has 0 spiro atoms. The Kier molecular flexibility index (Phi) is 6.22. The van der Waals surface area contributed by atoms with E-state index in [9.17, 15) is 4.79 Å². The summed E-state index contributed by atoms with van der Waals surface area (Å²) in [6.07, 6.45) is 2.11. The molecule has 1 rings (SSSR count). The number of hydrogen-bond acceptors (Lipinski definition) is 3. The first-order chi connectivity index (χ1) is 8.63. The summed E-state index contributed by atoms with van der Waals surface area (Å²) in [5.41, 5.74) is 0.737. The standard InChI is InChI=1S/C14H22N2O2/c1-4-5-10-18-13-9-7-6-8-12(13)15-14(17)11-16(2)3/h6-9H,4-5,10-11H2,1-3H3,(H,15,17). The Hall–Kier alpha value is -1.55. The lowest BCUT2D eigenvalue weighted by Gasteiger charge is -2.14. The summed E-state index contributed by atoms with van der Waals surface area (Å²) >= 11 is 0. The molecule has 0 aromatic heterocycles. The molecule has 1 aromatic rings. The summed E-state index contributed by atoms with van der Waals surface area (Å²) in [7, 11) is 3.73. The third-order valence-electron chi connectivity index (χ3n) is 2.38. The van der Waals surface area contributed by atoms with Gasteiger partial charge in [-0.2, -0.15) is 0 Å². The van der Waals surface area contributed by atoms with Crippen LogP contribution in [0.4, 0.5) is 5.69 Å². The van der Waals surface area contributed by atoms with E-state index in [4.69, 9.17) is 4.74 Å². The first-order valence-electron chi connectivity index (χ1n) is 6.30. The van der Waals surface area contributed by atoms with E-state index in [1.165, 1.54) is 0 Å². The van der Waals surface area contributed by atoms with E-state index in [0.717, 1.165) is 24.3 Å². The molecule has 0 unspecified atom stereocenters. The molecular weight excluding hydrogens is 228 g/mol. The van der Waals surface area contributed by atoms with Crippen molar-refractivity contribution in [1.29, 1.82) is 0 Å². The molecule has 0 radical (unpaired) electrons. The van der Waals surface area contributed by atoms with E-state index >= 15 is 0 Å². The van der Waals surface area contributed by atoms with Gasteiger partial charge in [0.25, 0.3) is 0 Å². The average molecular weight is 250 g/mol. The van der Waals surface area contributed by atoms with Crippen LogP contribution in [0.2, 0.25) is 0 Å². The van der Waals surface area contributed by atoms with Gasteiger partial charge in [0, 0.05) is 0 Å². The maximum Gasteiger partial charge on any atom is 0.238 e. The Morgan fingerprint density at radius 3 is 2.72 bits per heavy atom. The van der Waals surface area contributed by atoms with Crippen LogP contribution in [0.15, 0.2) is 24.3 Å². The van der Waals surface area contributed by atoms with Gasteiger partial charge >= 0.3 is 0 Å². The Morgan fingerprint density at radius 1 is 1.33 bits per heavy atom. The van der Waals surface area contributed by atoms with E-state index in [1.54, 1.807) is 0 Å². The van der Waals surface area contributed by atoms with Gasteiger partial charge in [0.1, 0.15) is 5.75 Å². The highest BCUT2D eigenvalue weighted by atomic mass is 16.5. The van der Waals surface area contributed by atoms with Crippen molar-refractivity contribution >= 4 is 11.6 Å². The molecule has 0 atom stereocenters. The minimum Gasteiger partial charge on any atom is -0.491 e. The van der Waals surface area contributed by atoms with Gasteiger partial charge in [0.2, 0.25) is 5.91 Å². The molecule has 0 fully saturated rings. The summed E-state index contributed by atoms with van der Waals surface area (Å²) < 4.78 is 5.66. The molecule has 0 bridgehead atoms. The molecule has 0 aliphatic heterocycles. The van der Waals surface area contributed by atoms with Crippen LogP contribution in [0.3, 0.4) is 0 Å². The van der Waals surface area contributed by atoms with Crippen molar-refractivity contribution < 1.29 is 9.53 Å². The monoisotopic (exact) mass is 250 g/mol. The normalized spacial score (nSPS) is 10.4. The van der Waals surface area contributed by atoms with Crippen molar-refractivity contribution in [2.24, 2.45) is 0 Å². The number of anilines is 1. The molecular formula is C14H22N2O2. The molecule has 1 amide bonds. The SMILES string of the molecule is CCCCOc1ccccc1NC(=O)CN(C)C. The smallest absolute Gasteiger partial charge is 0.238 e. The maximum atomic E-state index is 11.7. The van der Waals surface area contributed by atoms with Crippen LogP contribution < -0.4 is 10.1 Å². The van der Waals surface area contributed by atoms with Gasteiger partial charge in [-0.05, 0) is 32.6 Å². The van der Waals surface area contributed by atoms with Gasteiger partial charge in [0.05, 0.1) is 18.8 Å². The molecule has 0 aliphatic carbocycles. The summed E-state index contributed by atoms with van der Waals surface area (Å²) in [6, 6.07) is 7.52. The Labute approximate surface area is 109 Å². The van der Waals surface area contributed by atoms with Crippen molar-refractivity contribution in [3.63, 3.8) is 0 Å². The van der Waals surface area contributed by atoms with Gasteiger partial charge in [-0.1, -0.05) is 25.5 Å². The van der Waals surface area contributed by atoms with Crippen LogP contribution in [-0.4, -0.2) is 38.1 Å². The van der Waals surface area contributed by atoms with Gasteiger partial charge < -0.3 is 15.0 Å². The van der Waals surface area contributed by atoms with Crippen LogP contribution in [0.1, 0.15) is 19.8 Å². The number of amides is 1. The highest BCUT2D eigenvalue weighted by Crippen LogP contribution is 2.23. The van der Waals surface area contributed by atoms with Crippen molar-refractivity contribution in [2.45, 2.75) is 19.8 Å². The zero-order chi connectivity index (χ0) is 13.4. The molecule has 4 nitrogen and oxygen atoms in total. The predicted molar refractivity (Wildman–Crippen MR) is 74.0 cm³/mol. The zero-order valence-corrected chi connectivity index (χ0v) is 11.4. The number of benzene rings is 1. The van der Waals surface area contributed by atoms with Crippen molar-refractivity contribution in [2.75, 3.05) is 32.6 Å². The fraction of sp³-hybridized carbons (Fsp3) is 0.500. The molecule has 0 saturated carbocycles.